The van der Waals surface area contributed by atoms with Gasteiger partial charge in [-0.05, 0) is 19.9 Å². The molecule has 3 nitrogen and oxygen atoms in total. The molecule has 1 fully saturated rings. The minimum atomic E-state index is -0.353. The monoisotopic (exact) mass is 178 g/mol. The molecule has 2 atom stereocenters. The second kappa shape index (κ2) is 3.09. The standard InChI is InChI=1S/C10H14N2O/c1-8-6-12-10(2,13-8)9-4-3-5-11-7-9/h3-5,7-8,12H,6H2,1-2H3. The minimum absolute atomic E-state index is 0.269. The third kappa shape index (κ3) is 1.57. The smallest absolute Gasteiger partial charge is 0.144 e. The van der Waals surface area contributed by atoms with E-state index in [2.05, 4.69) is 17.2 Å². The van der Waals surface area contributed by atoms with E-state index in [4.69, 9.17) is 4.74 Å². The summed E-state index contributed by atoms with van der Waals surface area (Å²) in [5, 5.41) is 3.34. The first-order valence-corrected chi connectivity index (χ1v) is 4.54. The lowest BCUT2D eigenvalue weighted by atomic mass is 10.1. The summed E-state index contributed by atoms with van der Waals surface area (Å²) in [5.74, 6) is 0. The summed E-state index contributed by atoms with van der Waals surface area (Å²) >= 11 is 0. The van der Waals surface area contributed by atoms with E-state index in [0.717, 1.165) is 12.1 Å². The van der Waals surface area contributed by atoms with Gasteiger partial charge in [-0.1, -0.05) is 6.07 Å². The zero-order chi connectivity index (χ0) is 9.31. The SMILES string of the molecule is CC1CNC(C)(c2cccnc2)O1. The first-order valence-electron chi connectivity index (χ1n) is 4.54. The van der Waals surface area contributed by atoms with Crippen molar-refractivity contribution in [2.24, 2.45) is 0 Å². The van der Waals surface area contributed by atoms with Crippen LogP contribution in [0.3, 0.4) is 0 Å². The molecule has 0 radical (unpaired) electrons. The van der Waals surface area contributed by atoms with Gasteiger partial charge in [0.1, 0.15) is 5.72 Å². The van der Waals surface area contributed by atoms with Gasteiger partial charge in [-0.25, -0.2) is 0 Å². The van der Waals surface area contributed by atoms with Crippen LogP contribution in [0.15, 0.2) is 24.5 Å². The molecular formula is C10H14N2O. The molecule has 1 saturated heterocycles. The molecule has 0 bridgehead atoms. The van der Waals surface area contributed by atoms with Crippen LogP contribution in [0.4, 0.5) is 0 Å². The van der Waals surface area contributed by atoms with Gasteiger partial charge in [0.25, 0.3) is 0 Å². The highest BCUT2D eigenvalue weighted by Crippen LogP contribution is 2.27. The minimum Gasteiger partial charge on any atom is -0.352 e. The molecule has 0 spiro atoms. The number of aromatic nitrogens is 1. The first-order chi connectivity index (χ1) is 6.21. The lowest BCUT2D eigenvalue weighted by Crippen LogP contribution is -2.34. The van der Waals surface area contributed by atoms with Crippen molar-refractivity contribution in [2.75, 3.05) is 6.54 Å². The van der Waals surface area contributed by atoms with Gasteiger partial charge in [-0.3, -0.25) is 10.3 Å². The fourth-order valence-electron chi connectivity index (χ4n) is 1.64. The fourth-order valence-corrected chi connectivity index (χ4v) is 1.64. The summed E-state index contributed by atoms with van der Waals surface area (Å²) in [6.45, 7) is 4.99. The van der Waals surface area contributed by atoms with Gasteiger partial charge in [0, 0.05) is 24.5 Å². The van der Waals surface area contributed by atoms with E-state index in [-0.39, 0.29) is 11.8 Å². The highest BCUT2D eigenvalue weighted by atomic mass is 16.5. The van der Waals surface area contributed by atoms with E-state index in [1.54, 1.807) is 6.20 Å². The van der Waals surface area contributed by atoms with Gasteiger partial charge >= 0.3 is 0 Å². The number of ether oxygens (including phenoxy) is 1. The molecule has 2 unspecified atom stereocenters. The van der Waals surface area contributed by atoms with Crippen LogP contribution in [0, 0.1) is 0 Å². The molecule has 0 aromatic carbocycles. The van der Waals surface area contributed by atoms with Gasteiger partial charge in [0.05, 0.1) is 6.10 Å². The van der Waals surface area contributed by atoms with E-state index < -0.39 is 0 Å². The first kappa shape index (κ1) is 8.66. The molecule has 2 rings (SSSR count). The summed E-state index contributed by atoms with van der Waals surface area (Å²) in [7, 11) is 0. The number of pyridine rings is 1. The molecule has 1 aromatic rings. The molecule has 0 amide bonds. The number of hydrogen-bond donors (Lipinski definition) is 1. The highest BCUT2D eigenvalue weighted by Gasteiger charge is 2.34. The molecular weight excluding hydrogens is 164 g/mol. The van der Waals surface area contributed by atoms with Gasteiger partial charge in [0.15, 0.2) is 0 Å². The van der Waals surface area contributed by atoms with Crippen molar-refractivity contribution in [3.8, 4) is 0 Å². The van der Waals surface area contributed by atoms with Crippen LogP contribution >= 0.6 is 0 Å². The van der Waals surface area contributed by atoms with Gasteiger partial charge < -0.3 is 4.74 Å². The summed E-state index contributed by atoms with van der Waals surface area (Å²) < 4.78 is 5.78. The molecule has 1 aliphatic heterocycles. The average molecular weight is 178 g/mol. The van der Waals surface area contributed by atoms with E-state index in [0.29, 0.717) is 0 Å². The van der Waals surface area contributed by atoms with Crippen molar-refractivity contribution in [1.29, 1.82) is 0 Å². The number of hydrogen-bond acceptors (Lipinski definition) is 3. The topological polar surface area (TPSA) is 34.2 Å². The van der Waals surface area contributed by atoms with Crippen molar-refractivity contribution < 1.29 is 4.74 Å². The summed E-state index contributed by atoms with van der Waals surface area (Å²) in [6.07, 6.45) is 3.88. The third-order valence-electron chi connectivity index (χ3n) is 2.38. The zero-order valence-electron chi connectivity index (χ0n) is 7.95. The van der Waals surface area contributed by atoms with Crippen LogP contribution in [0.5, 0.6) is 0 Å². The van der Waals surface area contributed by atoms with E-state index >= 15 is 0 Å². The normalized spacial score (nSPS) is 33.5. The molecule has 70 valence electrons. The zero-order valence-corrected chi connectivity index (χ0v) is 7.95. The fraction of sp³-hybridized carbons (Fsp3) is 0.500. The van der Waals surface area contributed by atoms with Crippen LogP contribution in [0.1, 0.15) is 19.4 Å². The van der Waals surface area contributed by atoms with Crippen LogP contribution < -0.4 is 5.32 Å². The lowest BCUT2D eigenvalue weighted by molar-refractivity contribution is -0.0345. The van der Waals surface area contributed by atoms with Gasteiger partial charge in [-0.15, -0.1) is 0 Å². The van der Waals surface area contributed by atoms with Crippen molar-refractivity contribution in [3.63, 3.8) is 0 Å². The maximum Gasteiger partial charge on any atom is 0.144 e. The largest absolute Gasteiger partial charge is 0.352 e. The van der Waals surface area contributed by atoms with Crippen LogP contribution in [0.2, 0.25) is 0 Å². The molecule has 1 aromatic heterocycles. The Balaban J connectivity index is 2.26. The quantitative estimate of drug-likeness (QED) is 0.703. The Morgan fingerprint density at radius 3 is 3.08 bits per heavy atom. The Hall–Kier alpha value is -0.930. The number of nitrogens with zero attached hydrogens (tertiary/aromatic N) is 1. The molecule has 1 aliphatic rings. The summed E-state index contributed by atoms with van der Waals surface area (Å²) in [4.78, 5) is 4.08. The van der Waals surface area contributed by atoms with Crippen molar-refractivity contribution in [3.05, 3.63) is 30.1 Å². The van der Waals surface area contributed by atoms with E-state index in [1.165, 1.54) is 0 Å². The summed E-state index contributed by atoms with van der Waals surface area (Å²) in [6, 6.07) is 3.95. The average Bonchev–Trinajstić information content (AvgIpc) is 2.49. The molecule has 13 heavy (non-hydrogen) atoms. The Labute approximate surface area is 78.1 Å². The molecule has 0 aliphatic carbocycles. The van der Waals surface area contributed by atoms with Crippen LogP contribution in [-0.4, -0.2) is 17.6 Å². The van der Waals surface area contributed by atoms with Crippen LogP contribution in [-0.2, 0) is 10.5 Å². The molecule has 3 heteroatoms. The third-order valence-corrected chi connectivity index (χ3v) is 2.38. The second-order valence-electron chi connectivity index (χ2n) is 3.58. The Kier molecular flexibility index (Phi) is 2.06. The Morgan fingerprint density at radius 2 is 2.54 bits per heavy atom. The Morgan fingerprint density at radius 1 is 1.69 bits per heavy atom. The maximum absolute atomic E-state index is 5.78. The van der Waals surface area contributed by atoms with Crippen molar-refractivity contribution in [2.45, 2.75) is 25.7 Å². The predicted octanol–water partition coefficient (Wildman–Crippen LogP) is 1.26. The van der Waals surface area contributed by atoms with Gasteiger partial charge in [0.2, 0.25) is 0 Å². The number of rotatable bonds is 1. The molecule has 0 saturated carbocycles. The Bertz CT molecular complexity index is 288. The van der Waals surface area contributed by atoms with Crippen LogP contribution in [0.25, 0.3) is 0 Å². The highest BCUT2D eigenvalue weighted by molar-refractivity contribution is 5.17. The maximum atomic E-state index is 5.78. The van der Waals surface area contributed by atoms with Crippen molar-refractivity contribution in [1.82, 2.24) is 10.3 Å². The number of nitrogens with one attached hydrogen (secondary N) is 1. The molecule has 1 N–H and O–H groups in total. The molecule has 2 heterocycles. The van der Waals surface area contributed by atoms with E-state index in [9.17, 15) is 0 Å². The van der Waals surface area contributed by atoms with Crippen molar-refractivity contribution >= 4 is 0 Å². The lowest BCUT2D eigenvalue weighted by Gasteiger charge is -2.24. The second-order valence-corrected chi connectivity index (χ2v) is 3.58. The van der Waals surface area contributed by atoms with Gasteiger partial charge in [-0.2, -0.15) is 0 Å². The summed E-state index contributed by atoms with van der Waals surface area (Å²) in [5.41, 5.74) is 0.729. The van der Waals surface area contributed by atoms with E-state index in [1.807, 2.05) is 25.3 Å². The predicted molar refractivity (Wildman–Crippen MR) is 50.1 cm³/mol.